The Kier molecular flexibility index (Phi) is 3.21. The van der Waals surface area contributed by atoms with Crippen molar-refractivity contribution in [1.29, 1.82) is 0 Å². The second kappa shape index (κ2) is 4.63. The van der Waals surface area contributed by atoms with Crippen molar-refractivity contribution < 1.29 is 4.79 Å². The number of hydrogen-bond acceptors (Lipinski definition) is 3. The third kappa shape index (κ3) is 2.40. The monoisotopic (exact) mass is 300 g/mol. The fraction of sp³-hybridized carbons (Fsp3) is 0. The van der Waals surface area contributed by atoms with Crippen LogP contribution in [0.15, 0.2) is 29.1 Å². The van der Waals surface area contributed by atoms with E-state index in [-0.39, 0.29) is 5.91 Å². The van der Waals surface area contributed by atoms with Crippen LogP contribution in [0.25, 0.3) is 0 Å². The molecular formula is C9H6BrClN4O. The van der Waals surface area contributed by atoms with Crippen LogP contribution in [0, 0.1) is 0 Å². The van der Waals surface area contributed by atoms with Gasteiger partial charge in [0.05, 0.1) is 28.1 Å². The molecule has 2 aromatic rings. The molecule has 5 nitrogen and oxygen atoms in total. The van der Waals surface area contributed by atoms with Crippen molar-refractivity contribution in [3.05, 3.63) is 39.8 Å². The molecule has 2 rings (SSSR count). The summed E-state index contributed by atoms with van der Waals surface area (Å²) in [7, 11) is 0. The van der Waals surface area contributed by atoms with E-state index in [0.29, 0.717) is 20.9 Å². The second-order valence-electron chi connectivity index (χ2n) is 2.94. The average Bonchev–Trinajstić information content (AvgIpc) is 2.77. The first-order chi connectivity index (χ1) is 7.66. The molecule has 0 unspecified atom stereocenters. The molecule has 0 aliphatic carbocycles. The first-order valence-electron chi connectivity index (χ1n) is 4.28. The normalized spacial score (nSPS) is 10.1. The highest BCUT2D eigenvalue weighted by Crippen LogP contribution is 2.23. The van der Waals surface area contributed by atoms with E-state index in [1.54, 1.807) is 6.07 Å². The number of anilines is 1. The molecule has 0 aromatic carbocycles. The largest absolute Gasteiger partial charge is 0.320 e. The summed E-state index contributed by atoms with van der Waals surface area (Å²) in [5, 5.41) is 9.26. The molecule has 1 amide bonds. The van der Waals surface area contributed by atoms with E-state index in [1.807, 2.05) is 0 Å². The van der Waals surface area contributed by atoms with Gasteiger partial charge in [0.1, 0.15) is 5.15 Å². The average molecular weight is 302 g/mol. The lowest BCUT2D eigenvalue weighted by atomic mass is 10.3. The molecule has 0 bridgehead atoms. The summed E-state index contributed by atoms with van der Waals surface area (Å²) in [5.74, 6) is -0.259. The number of pyridine rings is 1. The lowest BCUT2D eigenvalue weighted by Crippen LogP contribution is -2.11. The van der Waals surface area contributed by atoms with Crippen molar-refractivity contribution in [2.75, 3.05) is 5.32 Å². The van der Waals surface area contributed by atoms with Crippen LogP contribution >= 0.6 is 27.5 Å². The lowest BCUT2D eigenvalue weighted by Gasteiger charge is -2.03. The van der Waals surface area contributed by atoms with E-state index in [2.05, 4.69) is 36.4 Å². The van der Waals surface area contributed by atoms with Crippen LogP contribution in [0.3, 0.4) is 0 Å². The molecule has 0 atom stereocenters. The van der Waals surface area contributed by atoms with Gasteiger partial charge in [-0.1, -0.05) is 11.6 Å². The topological polar surface area (TPSA) is 70.7 Å². The molecule has 0 aliphatic rings. The fourth-order valence-electron chi connectivity index (χ4n) is 1.07. The van der Waals surface area contributed by atoms with Gasteiger partial charge in [-0.05, 0) is 22.0 Å². The Balaban J connectivity index is 2.15. The van der Waals surface area contributed by atoms with Crippen molar-refractivity contribution >= 4 is 39.1 Å². The quantitative estimate of drug-likeness (QED) is 0.837. The predicted octanol–water partition coefficient (Wildman–Crippen LogP) is 2.47. The summed E-state index contributed by atoms with van der Waals surface area (Å²) in [6.45, 7) is 0. The van der Waals surface area contributed by atoms with Crippen LogP contribution in [-0.2, 0) is 0 Å². The van der Waals surface area contributed by atoms with Crippen molar-refractivity contribution in [3.63, 3.8) is 0 Å². The minimum absolute atomic E-state index is 0.259. The second-order valence-corrected chi connectivity index (χ2v) is 4.15. The highest BCUT2D eigenvalue weighted by atomic mass is 79.9. The number of nitrogens with one attached hydrogen (secondary N) is 2. The molecule has 0 spiro atoms. The Morgan fingerprint density at radius 2 is 2.31 bits per heavy atom. The van der Waals surface area contributed by atoms with Gasteiger partial charge in [-0.15, -0.1) is 0 Å². The van der Waals surface area contributed by atoms with Crippen LogP contribution in [0.4, 0.5) is 5.69 Å². The van der Waals surface area contributed by atoms with Crippen LogP contribution < -0.4 is 5.32 Å². The third-order valence-corrected chi connectivity index (χ3v) is 2.95. The van der Waals surface area contributed by atoms with Gasteiger partial charge in [-0.25, -0.2) is 4.98 Å². The molecular weight excluding hydrogens is 295 g/mol. The van der Waals surface area contributed by atoms with Crippen molar-refractivity contribution in [3.8, 4) is 0 Å². The first-order valence-corrected chi connectivity index (χ1v) is 5.45. The van der Waals surface area contributed by atoms with E-state index in [1.165, 1.54) is 18.6 Å². The molecule has 0 saturated heterocycles. The molecule has 2 aromatic heterocycles. The summed E-state index contributed by atoms with van der Waals surface area (Å²) in [4.78, 5) is 15.5. The lowest BCUT2D eigenvalue weighted by molar-refractivity contribution is 0.102. The number of nitrogens with zero attached hydrogens (tertiary/aromatic N) is 2. The summed E-state index contributed by atoms with van der Waals surface area (Å²) in [6, 6.07) is 1.67. The number of rotatable bonds is 2. The maximum absolute atomic E-state index is 11.6. The maximum Gasteiger partial charge on any atom is 0.258 e. The summed E-state index contributed by atoms with van der Waals surface area (Å²) in [6.07, 6.45) is 4.42. The smallest absolute Gasteiger partial charge is 0.258 e. The number of halogens is 2. The summed E-state index contributed by atoms with van der Waals surface area (Å²) in [5.41, 5.74) is 1.01. The van der Waals surface area contributed by atoms with Gasteiger partial charge in [-0.2, -0.15) is 5.10 Å². The minimum atomic E-state index is -0.259. The highest BCUT2D eigenvalue weighted by Gasteiger charge is 2.08. The standard InChI is InChI=1S/C9H6BrClN4O/c10-7-1-6(4-12-8(7)11)15-9(16)5-2-13-14-3-5/h1-4H,(H,13,14)(H,15,16). The van der Waals surface area contributed by atoms with Crippen molar-refractivity contribution in [2.45, 2.75) is 0 Å². The minimum Gasteiger partial charge on any atom is -0.320 e. The first kappa shape index (κ1) is 11.1. The Labute approximate surface area is 104 Å². The van der Waals surface area contributed by atoms with Gasteiger partial charge in [-0.3, -0.25) is 9.89 Å². The highest BCUT2D eigenvalue weighted by molar-refractivity contribution is 9.10. The van der Waals surface area contributed by atoms with Gasteiger partial charge in [0.15, 0.2) is 0 Å². The summed E-state index contributed by atoms with van der Waals surface area (Å²) < 4.78 is 0.624. The molecule has 0 aliphatic heterocycles. The Morgan fingerprint density at radius 3 is 2.94 bits per heavy atom. The molecule has 2 N–H and O–H groups in total. The third-order valence-electron chi connectivity index (χ3n) is 1.81. The number of amides is 1. The van der Waals surface area contributed by atoms with E-state index in [9.17, 15) is 4.79 Å². The van der Waals surface area contributed by atoms with Crippen LogP contribution in [-0.4, -0.2) is 21.1 Å². The Bertz CT molecular complexity index is 514. The Morgan fingerprint density at radius 1 is 1.50 bits per heavy atom. The Hall–Kier alpha value is -1.40. The summed E-state index contributed by atoms with van der Waals surface area (Å²) >= 11 is 8.95. The molecule has 82 valence electrons. The van der Waals surface area contributed by atoms with Gasteiger partial charge >= 0.3 is 0 Å². The van der Waals surface area contributed by atoms with E-state index < -0.39 is 0 Å². The SMILES string of the molecule is O=C(Nc1cnc(Cl)c(Br)c1)c1cn[nH]c1. The zero-order valence-corrected chi connectivity index (χ0v) is 10.2. The van der Waals surface area contributed by atoms with Crippen molar-refractivity contribution in [1.82, 2.24) is 15.2 Å². The van der Waals surface area contributed by atoms with E-state index in [4.69, 9.17) is 11.6 Å². The van der Waals surface area contributed by atoms with Crippen LogP contribution in [0.1, 0.15) is 10.4 Å². The number of carbonyl (C=O) groups is 1. The molecule has 2 heterocycles. The maximum atomic E-state index is 11.6. The van der Waals surface area contributed by atoms with E-state index in [0.717, 1.165) is 0 Å². The molecule has 7 heteroatoms. The van der Waals surface area contributed by atoms with Crippen LogP contribution in [0.5, 0.6) is 0 Å². The molecule has 16 heavy (non-hydrogen) atoms. The number of aromatic amines is 1. The number of H-pyrrole nitrogens is 1. The number of carbonyl (C=O) groups excluding carboxylic acids is 1. The predicted molar refractivity (Wildman–Crippen MR) is 63.5 cm³/mol. The molecule has 0 saturated carbocycles. The fourth-order valence-corrected chi connectivity index (χ4v) is 1.52. The molecule has 0 radical (unpaired) electrons. The molecule has 0 fully saturated rings. The number of aromatic nitrogens is 3. The zero-order valence-electron chi connectivity index (χ0n) is 7.87. The number of hydrogen-bond donors (Lipinski definition) is 2. The van der Waals surface area contributed by atoms with E-state index >= 15 is 0 Å². The van der Waals surface area contributed by atoms with Crippen LogP contribution in [0.2, 0.25) is 5.15 Å². The zero-order chi connectivity index (χ0) is 11.5. The van der Waals surface area contributed by atoms with Gasteiger partial charge < -0.3 is 5.32 Å². The van der Waals surface area contributed by atoms with Crippen molar-refractivity contribution in [2.24, 2.45) is 0 Å². The van der Waals surface area contributed by atoms with Gasteiger partial charge in [0.25, 0.3) is 5.91 Å². The van der Waals surface area contributed by atoms with Gasteiger partial charge in [0.2, 0.25) is 0 Å². The van der Waals surface area contributed by atoms with Gasteiger partial charge in [0, 0.05) is 6.20 Å².